The van der Waals surface area contributed by atoms with Gasteiger partial charge in [0.25, 0.3) is 0 Å². The van der Waals surface area contributed by atoms with Crippen molar-refractivity contribution in [3.63, 3.8) is 0 Å². The van der Waals surface area contributed by atoms with E-state index in [-0.39, 0.29) is 35.9 Å². The second kappa shape index (κ2) is 8.13. The number of halogens is 1. The molecule has 1 atom stereocenters. The first-order valence-corrected chi connectivity index (χ1v) is 9.65. The molecule has 130 valence electrons. The Morgan fingerprint density at radius 1 is 1.30 bits per heavy atom. The Kier molecular flexibility index (Phi) is 7.04. The minimum atomic E-state index is -3.09. The third kappa shape index (κ3) is 5.48. The predicted octanol–water partition coefficient (Wildman–Crippen LogP) is 1.41. The number of carbonyl (C=O) groups excluding carboxylic acids is 1. The average molecular weight is 361 g/mol. The second-order valence-corrected chi connectivity index (χ2v) is 8.50. The molecule has 0 saturated heterocycles. The summed E-state index contributed by atoms with van der Waals surface area (Å²) in [6, 6.07) is 9.41. The zero-order valence-electron chi connectivity index (χ0n) is 13.3. The molecule has 1 amide bonds. The summed E-state index contributed by atoms with van der Waals surface area (Å²) in [6.07, 6.45) is 4.57. The highest BCUT2D eigenvalue weighted by atomic mass is 35.5. The van der Waals surface area contributed by atoms with Gasteiger partial charge in [0.2, 0.25) is 5.91 Å². The Balaban J connectivity index is 0.00000264. The van der Waals surface area contributed by atoms with Crippen LogP contribution in [0.3, 0.4) is 0 Å². The molecule has 1 aromatic carbocycles. The molecule has 0 aromatic heterocycles. The molecule has 1 unspecified atom stereocenters. The fraction of sp³-hybridized carbons (Fsp3) is 0.562. The van der Waals surface area contributed by atoms with Crippen molar-refractivity contribution in [1.82, 2.24) is 5.32 Å². The fourth-order valence-electron chi connectivity index (χ4n) is 2.82. The normalized spacial score (nSPS) is 17.5. The summed E-state index contributed by atoms with van der Waals surface area (Å²) >= 11 is 0. The van der Waals surface area contributed by atoms with Crippen LogP contribution in [0.5, 0.6) is 0 Å². The van der Waals surface area contributed by atoms with Crippen molar-refractivity contribution in [2.24, 2.45) is 5.73 Å². The predicted molar refractivity (Wildman–Crippen MR) is 94.5 cm³/mol. The molecule has 3 N–H and O–H groups in total. The Hall–Kier alpha value is -1.11. The lowest BCUT2D eigenvalue weighted by Crippen LogP contribution is -2.50. The maximum Gasteiger partial charge on any atom is 0.236 e. The number of benzene rings is 1. The molecule has 23 heavy (non-hydrogen) atoms. The fourth-order valence-corrected chi connectivity index (χ4v) is 3.50. The van der Waals surface area contributed by atoms with Crippen LogP contribution >= 0.6 is 12.4 Å². The van der Waals surface area contributed by atoms with Crippen LogP contribution in [0.15, 0.2) is 30.3 Å². The van der Waals surface area contributed by atoms with Crippen molar-refractivity contribution >= 4 is 28.2 Å². The summed E-state index contributed by atoms with van der Waals surface area (Å²) in [4.78, 5) is 12.0. The zero-order valence-corrected chi connectivity index (χ0v) is 15.0. The molecule has 1 fully saturated rings. The molecule has 1 aliphatic rings. The van der Waals surface area contributed by atoms with Gasteiger partial charge in [-0.2, -0.15) is 0 Å². The molecule has 7 heteroatoms. The molecular weight excluding hydrogens is 336 g/mol. The van der Waals surface area contributed by atoms with Crippen LogP contribution in [-0.2, 0) is 20.0 Å². The first-order chi connectivity index (χ1) is 10.3. The number of nitrogens with two attached hydrogens (primary N) is 1. The van der Waals surface area contributed by atoms with E-state index in [2.05, 4.69) is 17.4 Å². The van der Waals surface area contributed by atoms with Crippen molar-refractivity contribution in [1.29, 1.82) is 0 Å². The van der Waals surface area contributed by atoms with Gasteiger partial charge in [-0.1, -0.05) is 36.8 Å². The van der Waals surface area contributed by atoms with E-state index in [9.17, 15) is 13.2 Å². The van der Waals surface area contributed by atoms with Gasteiger partial charge in [0.1, 0.15) is 9.84 Å². The summed E-state index contributed by atoms with van der Waals surface area (Å²) in [5.41, 5.74) is 7.02. The van der Waals surface area contributed by atoms with Gasteiger partial charge >= 0.3 is 0 Å². The molecule has 1 aliphatic carbocycles. The van der Waals surface area contributed by atoms with E-state index in [1.165, 1.54) is 5.56 Å². The molecule has 1 aromatic rings. The highest BCUT2D eigenvalue weighted by Crippen LogP contribution is 2.43. The number of carbonyl (C=O) groups is 1. The van der Waals surface area contributed by atoms with Gasteiger partial charge in [-0.25, -0.2) is 8.42 Å². The van der Waals surface area contributed by atoms with Crippen molar-refractivity contribution in [3.8, 4) is 0 Å². The lowest BCUT2D eigenvalue weighted by Gasteiger charge is -2.42. The number of amides is 1. The summed E-state index contributed by atoms with van der Waals surface area (Å²) in [6.45, 7) is 0.558. The number of nitrogens with one attached hydrogen (secondary N) is 1. The van der Waals surface area contributed by atoms with Gasteiger partial charge in [-0.3, -0.25) is 4.79 Å². The first kappa shape index (κ1) is 19.9. The third-order valence-electron chi connectivity index (χ3n) is 4.43. The molecular formula is C16H25ClN2O3S. The van der Waals surface area contributed by atoms with E-state index in [4.69, 9.17) is 5.73 Å². The number of hydrogen-bond donors (Lipinski definition) is 2. The van der Waals surface area contributed by atoms with Crippen LogP contribution in [0.1, 0.15) is 31.2 Å². The number of rotatable bonds is 7. The summed E-state index contributed by atoms with van der Waals surface area (Å²) in [5, 5.41) is 2.90. The van der Waals surface area contributed by atoms with E-state index in [1.807, 2.05) is 18.2 Å². The Bertz CT molecular complexity index is 615. The van der Waals surface area contributed by atoms with Crippen molar-refractivity contribution in [2.45, 2.75) is 37.1 Å². The summed E-state index contributed by atoms with van der Waals surface area (Å²) in [5.74, 6) is -0.336. The van der Waals surface area contributed by atoms with Crippen molar-refractivity contribution < 1.29 is 13.2 Å². The first-order valence-electron chi connectivity index (χ1n) is 7.59. The summed E-state index contributed by atoms with van der Waals surface area (Å²) < 4.78 is 22.3. The van der Waals surface area contributed by atoms with E-state index >= 15 is 0 Å². The quantitative estimate of drug-likeness (QED) is 0.769. The van der Waals surface area contributed by atoms with Crippen LogP contribution in [0.2, 0.25) is 0 Å². The Labute approximate surface area is 144 Å². The van der Waals surface area contributed by atoms with E-state index in [1.54, 1.807) is 0 Å². The highest BCUT2D eigenvalue weighted by Gasteiger charge is 2.38. The van der Waals surface area contributed by atoms with E-state index in [0.29, 0.717) is 6.54 Å². The number of hydrogen-bond acceptors (Lipinski definition) is 4. The summed E-state index contributed by atoms with van der Waals surface area (Å²) in [7, 11) is -3.09. The van der Waals surface area contributed by atoms with Gasteiger partial charge in [-0.05, 0) is 24.8 Å². The van der Waals surface area contributed by atoms with Crippen LogP contribution in [0, 0.1) is 0 Å². The van der Waals surface area contributed by atoms with Crippen molar-refractivity contribution in [3.05, 3.63) is 35.9 Å². The van der Waals surface area contributed by atoms with Crippen LogP contribution in [-0.4, -0.2) is 38.9 Å². The van der Waals surface area contributed by atoms with Gasteiger partial charge in [0.05, 0.1) is 11.8 Å². The highest BCUT2D eigenvalue weighted by molar-refractivity contribution is 7.90. The minimum Gasteiger partial charge on any atom is -0.354 e. The molecule has 0 heterocycles. The molecule has 0 radical (unpaired) electrons. The van der Waals surface area contributed by atoms with Gasteiger partial charge < -0.3 is 11.1 Å². The van der Waals surface area contributed by atoms with E-state index in [0.717, 1.165) is 25.5 Å². The zero-order chi connectivity index (χ0) is 16.2. The molecule has 5 nitrogen and oxygen atoms in total. The Morgan fingerprint density at radius 3 is 2.39 bits per heavy atom. The SMILES string of the molecule is CS(=O)(=O)CCC(N)C(=O)NCC1(c2ccccc2)CCC1.Cl. The third-order valence-corrected chi connectivity index (χ3v) is 5.41. The lowest BCUT2D eigenvalue weighted by molar-refractivity contribution is -0.122. The lowest BCUT2D eigenvalue weighted by atomic mass is 9.64. The molecule has 0 aliphatic heterocycles. The van der Waals surface area contributed by atoms with E-state index < -0.39 is 15.9 Å². The topological polar surface area (TPSA) is 89.3 Å². The van der Waals surface area contributed by atoms with Gasteiger partial charge in [0, 0.05) is 18.2 Å². The molecule has 0 spiro atoms. The molecule has 2 rings (SSSR count). The largest absolute Gasteiger partial charge is 0.354 e. The number of sulfone groups is 1. The molecule has 1 saturated carbocycles. The van der Waals surface area contributed by atoms with Crippen LogP contribution in [0.4, 0.5) is 0 Å². The van der Waals surface area contributed by atoms with Crippen LogP contribution in [0.25, 0.3) is 0 Å². The van der Waals surface area contributed by atoms with Gasteiger partial charge in [-0.15, -0.1) is 12.4 Å². The smallest absolute Gasteiger partial charge is 0.236 e. The minimum absolute atomic E-state index is 0. The maximum atomic E-state index is 12.0. The Morgan fingerprint density at radius 2 is 1.91 bits per heavy atom. The van der Waals surface area contributed by atoms with Gasteiger partial charge in [0.15, 0.2) is 0 Å². The second-order valence-electron chi connectivity index (χ2n) is 6.24. The standard InChI is InChI=1S/C16H24N2O3S.ClH/c1-22(20,21)11-8-14(17)15(19)18-12-16(9-5-10-16)13-6-3-2-4-7-13;/h2-4,6-7,14H,5,8-12,17H2,1H3,(H,18,19);1H. The maximum absolute atomic E-state index is 12.0. The molecule has 0 bridgehead atoms. The van der Waals surface area contributed by atoms with Crippen LogP contribution < -0.4 is 11.1 Å². The van der Waals surface area contributed by atoms with Crippen molar-refractivity contribution in [2.75, 3.05) is 18.6 Å². The average Bonchev–Trinajstić information content (AvgIpc) is 2.43. The monoisotopic (exact) mass is 360 g/mol.